The summed E-state index contributed by atoms with van der Waals surface area (Å²) < 4.78 is 5.40. The van der Waals surface area contributed by atoms with Gasteiger partial charge >= 0.3 is 12.1 Å². The third-order valence-electron chi connectivity index (χ3n) is 4.14. The lowest BCUT2D eigenvalue weighted by molar-refractivity contribution is -0.137. The molecule has 0 aromatic carbocycles. The van der Waals surface area contributed by atoms with E-state index >= 15 is 0 Å². The Balaban J connectivity index is 2.02. The van der Waals surface area contributed by atoms with Gasteiger partial charge in [-0.1, -0.05) is 25.7 Å². The highest BCUT2D eigenvalue weighted by Crippen LogP contribution is 2.13. The maximum atomic E-state index is 12.0. The van der Waals surface area contributed by atoms with Gasteiger partial charge in [0.2, 0.25) is 0 Å². The van der Waals surface area contributed by atoms with Crippen molar-refractivity contribution in [2.24, 2.45) is 0 Å². The van der Waals surface area contributed by atoms with Crippen molar-refractivity contribution < 1.29 is 19.4 Å². The first-order valence-corrected chi connectivity index (χ1v) is 9.20. The van der Waals surface area contributed by atoms with Crippen LogP contribution in [0.3, 0.4) is 0 Å². The molecule has 0 saturated carbocycles. The zero-order chi connectivity index (χ0) is 18.0. The second-order valence-corrected chi connectivity index (χ2v) is 7.57. The Morgan fingerprint density at radius 2 is 1.46 bits per heavy atom. The van der Waals surface area contributed by atoms with E-state index in [0.717, 1.165) is 52.0 Å². The van der Waals surface area contributed by atoms with E-state index in [2.05, 4.69) is 4.90 Å². The predicted octanol–water partition coefficient (Wildman–Crippen LogP) is 3.35. The van der Waals surface area contributed by atoms with Crippen LogP contribution in [0.5, 0.6) is 0 Å². The van der Waals surface area contributed by atoms with Gasteiger partial charge in [-0.2, -0.15) is 0 Å². The molecule has 0 bridgehead atoms. The summed E-state index contributed by atoms with van der Waals surface area (Å²) in [6.07, 6.45) is 6.57. The number of hydrogen-bond acceptors (Lipinski definition) is 4. The van der Waals surface area contributed by atoms with E-state index in [4.69, 9.17) is 9.84 Å². The van der Waals surface area contributed by atoms with Crippen molar-refractivity contribution in [1.29, 1.82) is 0 Å². The maximum absolute atomic E-state index is 12.0. The second-order valence-electron chi connectivity index (χ2n) is 7.57. The van der Waals surface area contributed by atoms with Gasteiger partial charge in [-0.05, 0) is 40.2 Å². The molecule has 0 atom stereocenters. The largest absolute Gasteiger partial charge is 0.481 e. The van der Waals surface area contributed by atoms with Crippen LogP contribution in [0, 0.1) is 0 Å². The van der Waals surface area contributed by atoms with Crippen molar-refractivity contribution >= 4 is 12.1 Å². The summed E-state index contributed by atoms with van der Waals surface area (Å²) in [4.78, 5) is 26.6. The van der Waals surface area contributed by atoms with Gasteiger partial charge in [0.15, 0.2) is 0 Å². The van der Waals surface area contributed by atoms with Crippen molar-refractivity contribution in [1.82, 2.24) is 9.80 Å². The zero-order valence-electron chi connectivity index (χ0n) is 15.6. The number of ether oxygens (including phenoxy) is 1. The number of unbranched alkanes of at least 4 members (excludes halogenated alkanes) is 5. The molecule has 1 rings (SSSR count). The fraction of sp³-hybridized carbons (Fsp3) is 0.889. The molecule has 6 nitrogen and oxygen atoms in total. The van der Waals surface area contributed by atoms with Gasteiger partial charge in [-0.25, -0.2) is 4.79 Å². The number of carbonyl (C=O) groups excluding carboxylic acids is 1. The van der Waals surface area contributed by atoms with Gasteiger partial charge in [0.05, 0.1) is 0 Å². The van der Waals surface area contributed by atoms with Crippen LogP contribution in [-0.2, 0) is 9.53 Å². The smallest absolute Gasteiger partial charge is 0.410 e. The Morgan fingerprint density at radius 3 is 2.00 bits per heavy atom. The van der Waals surface area contributed by atoms with E-state index < -0.39 is 11.6 Å². The molecule has 0 aromatic heterocycles. The van der Waals surface area contributed by atoms with Crippen LogP contribution in [0.1, 0.15) is 65.7 Å². The van der Waals surface area contributed by atoms with Crippen molar-refractivity contribution in [3.63, 3.8) is 0 Å². The van der Waals surface area contributed by atoms with Gasteiger partial charge in [0.25, 0.3) is 0 Å². The Kier molecular flexibility index (Phi) is 9.11. The number of rotatable bonds is 9. The van der Waals surface area contributed by atoms with Gasteiger partial charge in [-0.15, -0.1) is 0 Å². The van der Waals surface area contributed by atoms with E-state index in [1.54, 1.807) is 4.90 Å². The molecule has 0 aromatic rings. The number of piperazine rings is 1. The summed E-state index contributed by atoms with van der Waals surface area (Å²) in [6.45, 7) is 10.1. The monoisotopic (exact) mass is 342 g/mol. The highest BCUT2D eigenvalue weighted by Gasteiger charge is 2.25. The van der Waals surface area contributed by atoms with Gasteiger partial charge in [-0.3, -0.25) is 9.69 Å². The number of carboxylic acids is 1. The lowest BCUT2D eigenvalue weighted by Gasteiger charge is -2.35. The first-order valence-electron chi connectivity index (χ1n) is 9.20. The number of hydrogen-bond donors (Lipinski definition) is 1. The lowest BCUT2D eigenvalue weighted by Crippen LogP contribution is -2.50. The molecule has 1 amide bonds. The average Bonchev–Trinajstić information content (AvgIpc) is 2.48. The van der Waals surface area contributed by atoms with E-state index in [0.29, 0.717) is 6.42 Å². The molecule has 0 unspecified atom stereocenters. The summed E-state index contributed by atoms with van der Waals surface area (Å²) in [5, 5.41) is 8.57. The average molecular weight is 342 g/mol. The molecular weight excluding hydrogens is 308 g/mol. The first-order chi connectivity index (χ1) is 11.3. The number of carboxylic acid groups (broad SMARTS) is 1. The van der Waals surface area contributed by atoms with Crippen LogP contribution < -0.4 is 0 Å². The molecule has 24 heavy (non-hydrogen) atoms. The minimum atomic E-state index is -0.694. The number of nitrogens with zero attached hydrogens (tertiary/aromatic N) is 2. The maximum Gasteiger partial charge on any atom is 0.410 e. The van der Waals surface area contributed by atoms with Crippen molar-refractivity contribution in [3.05, 3.63) is 0 Å². The summed E-state index contributed by atoms with van der Waals surface area (Å²) in [5.41, 5.74) is -0.432. The molecule has 0 aliphatic carbocycles. The van der Waals surface area contributed by atoms with Gasteiger partial charge < -0.3 is 14.7 Å². The SMILES string of the molecule is CC(C)(C)OC(=O)N1CCN(CCCCCCCCC(=O)O)CC1. The Labute approximate surface area is 146 Å². The van der Waals surface area contributed by atoms with Crippen molar-refractivity contribution in [2.45, 2.75) is 71.3 Å². The fourth-order valence-electron chi connectivity index (χ4n) is 2.80. The van der Waals surface area contributed by atoms with E-state index in [1.807, 2.05) is 20.8 Å². The number of carbonyl (C=O) groups is 2. The Hall–Kier alpha value is -1.30. The van der Waals surface area contributed by atoms with Crippen LogP contribution in [0.25, 0.3) is 0 Å². The van der Waals surface area contributed by atoms with Crippen molar-refractivity contribution in [2.75, 3.05) is 32.7 Å². The quantitative estimate of drug-likeness (QED) is 0.651. The van der Waals surface area contributed by atoms with Crippen molar-refractivity contribution in [3.8, 4) is 0 Å². The van der Waals surface area contributed by atoms with Crippen LogP contribution in [-0.4, -0.2) is 65.3 Å². The molecule has 1 heterocycles. The molecule has 1 aliphatic rings. The van der Waals surface area contributed by atoms with E-state index in [1.165, 1.54) is 19.3 Å². The van der Waals surface area contributed by atoms with Crippen LogP contribution in [0.15, 0.2) is 0 Å². The molecule has 1 aliphatic heterocycles. The minimum Gasteiger partial charge on any atom is -0.481 e. The predicted molar refractivity (Wildman–Crippen MR) is 94.2 cm³/mol. The van der Waals surface area contributed by atoms with Gasteiger partial charge in [0, 0.05) is 32.6 Å². The summed E-state index contributed by atoms with van der Waals surface area (Å²) in [7, 11) is 0. The van der Waals surface area contributed by atoms with E-state index in [9.17, 15) is 9.59 Å². The molecule has 0 spiro atoms. The van der Waals surface area contributed by atoms with Crippen LogP contribution >= 0.6 is 0 Å². The third-order valence-corrected chi connectivity index (χ3v) is 4.14. The molecule has 1 fully saturated rings. The Morgan fingerprint density at radius 1 is 0.917 bits per heavy atom. The Bertz CT molecular complexity index is 385. The summed E-state index contributed by atoms with van der Waals surface area (Å²) in [6, 6.07) is 0. The molecule has 0 radical (unpaired) electrons. The molecule has 1 saturated heterocycles. The molecule has 140 valence electrons. The molecule has 1 N–H and O–H groups in total. The highest BCUT2D eigenvalue weighted by atomic mass is 16.6. The first kappa shape index (κ1) is 20.7. The van der Waals surface area contributed by atoms with Gasteiger partial charge in [0.1, 0.15) is 5.60 Å². The summed E-state index contributed by atoms with van der Waals surface area (Å²) >= 11 is 0. The van der Waals surface area contributed by atoms with Crippen LogP contribution in [0.2, 0.25) is 0 Å². The number of aliphatic carboxylic acids is 1. The standard InChI is InChI=1S/C18H34N2O4/c1-18(2,3)24-17(23)20-14-12-19(13-15-20)11-9-7-5-4-6-8-10-16(21)22/h4-15H2,1-3H3,(H,21,22). The normalized spacial score (nSPS) is 16.2. The lowest BCUT2D eigenvalue weighted by atomic mass is 10.1. The molecule has 6 heteroatoms. The minimum absolute atomic E-state index is 0.205. The highest BCUT2D eigenvalue weighted by molar-refractivity contribution is 5.68. The number of amides is 1. The topological polar surface area (TPSA) is 70.1 Å². The molecular formula is C18H34N2O4. The second kappa shape index (κ2) is 10.5. The fourth-order valence-corrected chi connectivity index (χ4v) is 2.80. The summed E-state index contributed by atoms with van der Waals surface area (Å²) in [5.74, 6) is -0.694. The zero-order valence-corrected chi connectivity index (χ0v) is 15.6. The van der Waals surface area contributed by atoms with E-state index in [-0.39, 0.29) is 6.09 Å². The third kappa shape index (κ3) is 9.75. The van der Waals surface area contributed by atoms with Crippen LogP contribution in [0.4, 0.5) is 4.79 Å².